The van der Waals surface area contributed by atoms with Gasteiger partial charge < -0.3 is 20.5 Å². The molecule has 0 saturated carbocycles. The standard InChI is InChI=1S/C11H24N2O3/c1-5-13-11(3,10(12)14)6-7-16-9(2)8-15-4/h9,13H,5-8H2,1-4H3,(H2,12,14). The van der Waals surface area contributed by atoms with Crippen LogP contribution in [0.2, 0.25) is 0 Å². The van der Waals surface area contributed by atoms with Crippen LogP contribution >= 0.6 is 0 Å². The van der Waals surface area contributed by atoms with Gasteiger partial charge in [-0.15, -0.1) is 0 Å². The number of amides is 1. The number of methoxy groups -OCH3 is 1. The Labute approximate surface area is 97.7 Å². The smallest absolute Gasteiger partial charge is 0.237 e. The van der Waals surface area contributed by atoms with Gasteiger partial charge in [-0.3, -0.25) is 4.79 Å². The van der Waals surface area contributed by atoms with E-state index in [-0.39, 0.29) is 12.0 Å². The molecule has 0 radical (unpaired) electrons. The molecule has 2 atom stereocenters. The molecule has 1 amide bonds. The molecule has 0 aliphatic carbocycles. The minimum Gasteiger partial charge on any atom is -0.382 e. The zero-order valence-electron chi connectivity index (χ0n) is 10.7. The first-order chi connectivity index (χ1) is 7.46. The highest BCUT2D eigenvalue weighted by atomic mass is 16.5. The van der Waals surface area contributed by atoms with Crippen molar-refractivity contribution < 1.29 is 14.3 Å². The van der Waals surface area contributed by atoms with E-state index in [9.17, 15) is 4.79 Å². The van der Waals surface area contributed by atoms with Gasteiger partial charge in [0, 0.05) is 13.7 Å². The number of hydrogen-bond donors (Lipinski definition) is 2. The number of nitrogens with one attached hydrogen (secondary N) is 1. The Bertz CT molecular complexity index is 211. The minimum absolute atomic E-state index is 0.0313. The van der Waals surface area contributed by atoms with Crippen molar-refractivity contribution in [1.29, 1.82) is 0 Å². The van der Waals surface area contributed by atoms with Crippen molar-refractivity contribution in [3.8, 4) is 0 Å². The van der Waals surface area contributed by atoms with Crippen LogP contribution in [0.25, 0.3) is 0 Å². The number of primary amides is 1. The lowest BCUT2D eigenvalue weighted by atomic mass is 9.97. The summed E-state index contributed by atoms with van der Waals surface area (Å²) in [5.74, 6) is -0.350. The van der Waals surface area contributed by atoms with Gasteiger partial charge in [-0.25, -0.2) is 0 Å². The van der Waals surface area contributed by atoms with Crippen LogP contribution < -0.4 is 11.1 Å². The number of ether oxygens (including phenoxy) is 2. The summed E-state index contributed by atoms with van der Waals surface area (Å²) in [6, 6.07) is 0. The van der Waals surface area contributed by atoms with Crippen LogP contribution in [-0.4, -0.2) is 44.4 Å². The van der Waals surface area contributed by atoms with Gasteiger partial charge >= 0.3 is 0 Å². The summed E-state index contributed by atoms with van der Waals surface area (Å²) in [7, 11) is 1.63. The summed E-state index contributed by atoms with van der Waals surface area (Å²) in [6.45, 7) is 7.40. The normalized spacial score (nSPS) is 16.8. The van der Waals surface area contributed by atoms with E-state index in [0.29, 0.717) is 26.2 Å². The molecule has 0 aromatic heterocycles. The SMILES string of the molecule is CCNC(C)(CCOC(C)COC)C(N)=O. The third-order valence-corrected chi connectivity index (χ3v) is 2.52. The van der Waals surface area contributed by atoms with E-state index in [4.69, 9.17) is 15.2 Å². The minimum atomic E-state index is -0.693. The molecule has 5 heteroatoms. The monoisotopic (exact) mass is 232 g/mol. The van der Waals surface area contributed by atoms with Crippen LogP contribution in [0.15, 0.2) is 0 Å². The summed E-state index contributed by atoms with van der Waals surface area (Å²) in [6.07, 6.45) is 0.591. The first kappa shape index (κ1) is 15.3. The maximum Gasteiger partial charge on any atom is 0.237 e. The van der Waals surface area contributed by atoms with E-state index >= 15 is 0 Å². The highest BCUT2D eigenvalue weighted by molar-refractivity contribution is 5.84. The molecule has 0 bridgehead atoms. The largest absolute Gasteiger partial charge is 0.382 e. The van der Waals surface area contributed by atoms with Crippen molar-refractivity contribution in [2.45, 2.75) is 38.8 Å². The van der Waals surface area contributed by atoms with Gasteiger partial charge in [0.25, 0.3) is 0 Å². The van der Waals surface area contributed by atoms with E-state index < -0.39 is 5.54 Å². The van der Waals surface area contributed by atoms with Gasteiger partial charge in [-0.2, -0.15) is 0 Å². The fourth-order valence-corrected chi connectivity index (χ4v) is 1.44. The topological polar surface area (TPSA) is 73.6 Å². The Hall–Kier alpha value is -0.650. The van der Waals surface area contributed by atoms with Crippen LogP contribution in [0.1, 0.15) is 27.2 Å². The number of carbonyl (C=O) groups is 1. The van der Waals surface area contributed by atoms with Crippen LogP contribution in [0.5, 0.6) is 0 Å². The molecule has 0 fully saturated rings. The molecule has 0 aromatic rings. The zero-order chi connectivity index (χ0) is 12.6. The predicted octanol–water partition coefficient (Wildman–Crippen LogP) is 0.282. The average Bonchev–Trinajstić information content (AvgIpc) is 2.18. The van der Waals surface area contributed by atoms with Crippen molar-refractivity contribution in [3.05, 3.63) is 0 Å². The molecule has 5 nitrogen and oxygen atoms in total. The highest BCUT2D eigenvalue weighted by Gasteiger charge is 2.29. The maximum atomic E-state index is 11.3. The zero-order valence-corrected chi connectivity index (χ0v) is 10.7. The Balaban J connectivity index is 3.99. The van der Waals surface area contributed by atoms with Crippen LogP contribution in [0.4, 0.5) is 0 Å². The molecule has 2 unspecified atom stereocenters. The number of rotatable bonds is 9. The van der Waals surface area contributed by atoms with Gasteiger partial charge in [0.15, 0.2) is 0 Å². The first-order valence-electron chi connectivity index (χ1n) is 5.61. The molecule has 96 valence electrons. The molecule has 16 heavy (non-hydrogen) atoms. The molecule has 0 aliphatic heterocycles. The van der Waals surface area contributed by atoms with E-state index in [0.717, 1.165) is 0 Å². The van der Waals surface area contributed by atoms with Gasteiger partial charge in [0.1, 0.15) is 0 Å². The summed E-state index contributed by atoms with van der Waals surface area (Å²) in [5.41, 5.74) is 4.66. The number of hydrogen-bond acceptors (Lipinski definition) is 4. The third-order valence-electron chi connectivity index (χ3n) is 2.52. The Morgan fingerprint density at radius 2 is 2.19 bits per heavy atom. The number of nitrogens with two attached hydrogens (primary N) is 1. The Morgan fingerprint density at radius 3 is 2.62 bits per heavy atom. The quantitative estimate of drug-likeness (QED) is 0.599. The molecular formula is C11H24N2O3. The first-order valence-corrected chi connectivity index (χ1v) is 5.61. The van der Waals surface area contributed by atoms with Gasteiger partial charge in [-0.05, 0) is 26.8 Å². The van der Waals surface area contributed by atoms with Crippen molar-refractivity contribution >= 4 is 5.91 Å². The number of carbonyl (C=O) groups excluding carboxylic acids is 1. The lowest BCUT2D eigenvalue weighted by molar-refractivity contribution is -0.124. The van der Waals surface area contributed by atoms with E-state index in [1.807, 2.05) is 13.8 Å². The van der Waals surface area contributed by atoms with Crippen LogP contribution in [-0.2, 0) is 14.3 Å². The van der Waals surface area contributed by atoms with Crippen molar-refractivity contribution in [3.63, 3.8) is 0 Å². The molecule has 0 aromatic carbocycles. The van der Waals surface area contributed by atoms with E-state index in [1.165, 1.54) is 0 Å². The molecule has 3 N–H and O–H groups in total. The van der Waals surface area contributed by atoms with Crippen molar-refractivity contribution in [2.75, 3.05) is 26.9 Å². The van der Waals surface area contributed by atoms with Crippen LogP contribution in [0.3, 0.4) is 0 Å². The Kier molecular flexibility index (Phi) is 7.29. The summed E-state index contributed by atoms with van der Waals surface area (Å²) >= 11 is 0. The molecular weight excluding hydrogens is 208 g/mol. The van der Waals surface area contributed by atoms with E-state index in [2.05, 4.69) is 5.32 Å². The summed E-state index contributed by atoms with van der Waals surface area (Å²) in [5, 5.41) is 3.08. The second kappa shape index (κ2) is 7.60. The second-order valence-corrected chi connectivity index (χ2v) is 4.11. The predicted molar refractivity (Wildman–Crippen MR) is 63.2 cm³/mol. The lowest BCUT2D eigenvalue weighted by Gasteiger charge is -2.27. The fourth-order valence-electron chi connectivity index (χ4n) is 1.44. The fraction of sp³-hybridized carbons (Fsp3) is 0.909. The molecule has 0 heterocycles. The van der Waals surface area contributed by atoms with Gasteiger partial charge in [0.2, 0.25) is 5.91 Å². The number of likely N-dealkylation sites (N-methyl/N-ethyl adjacent to an activating group) is 1. The molecule has 0 rings (SSSR count). The third kappa shape index (κ3) is 5.44. The van der Waals surface area contributed by atoms with Gasteiger partial charge in [-0.1, -0.05) is 6.92 Å². The molecule has 0 saturated heterocycles. The lowest BCUT2D eigenvalue weighted by Crippen LogP contribution is -2.53. The maximum absolute atomic E-state index is 11.3. The average molecular weight is 232 g/mol. The van der Waals surface area contributed by atoms with Crippen molar-refractivity contribution in [1.82, 2.24) is 5.32 Å². The van der Waals surface area contributed by atoms with E-state index in [1.54, 1.807) is 14.0 Å². The highest BCUT2D eigenvalue weighted by Crippen LogP contribution is 2.09. The van der Waals surface area contributed by atoms with Gasteiger partial charge in [0.05, 0.1) is 18.2 Å². The molecule has 0 spiro atoms. The summed E-state index contributed by atoms with van der Waals surface area (Å²) in [4.78, 5) is 11.3. The van der Waals surface area contributed by atoms with Crippen molar-refractivity contribution in [2.24, 2.45) is 5.73 Å². The van der Waals surface area contributed by atoms with Crippen LogP contribution in [0, 0.1) is 0 Å². The molecule has 0 aliphatic rings. The Morgan fingerprint density at radius 1 is 1.56 bits per heavy atom. The second-order valence-electron chi connectivity index (χ2n) is 4.11. The summed E-state index contributed by atoms with van der Waals surface area (Å²) < 4.78 is 10.5.